The average molecular weight is 1140 g/mol. The van der Waals surface area contributed by atoms with Gasteiger partial charge in [-0.2, -0.15) is 0 Å². The highest BCUT2D eigenvalue weighted by Crippen LogP contribution is 2.14. The van der Waals surface area contributed by atoms with E-state index in [-0.39, 0.29) is 31.6 Å². The number of carbonyl (C=O) groups excluding carboxylic acids is 3. The number of esters is 3. The van der Waals surface area contributed by atoms with Crippen LogP contribution in [0.1, 0.15) is 252 Å². The van der Waals surface area contributed by atoms with Gasteiger partial charge in [-0.3, -0.25) is 14.4 Å². The molecule has 0 heterocycles. The molecule has 0 radical (unpaired) electrons. The van der Waals surface area contributed by atoms with E-state index in [1.165, 1.54) is 44.9 Å². The molecule has 0 aromatic rings. The zero-order chi connectivity index (χ0) is 59.9. The SMILES string of the molecule is CC/C=C\C/C=C\C/C=C\C/C=C\C/C=C\C/C=C\CCCCCCCCCCCCC(=O)OCC(COC(=O)CCCCCC/C=C\C/C=C\C/C=C\C/C=C\CC)OC(=O)CC/C=C\C/C=C\C/C=C\C/C=C\C/C=C\C/C=C\CC. The van der Waals surface area contributed by atoms with Crippen molar-refractivity contribution >= 4 is 17.9 Å². The molecule has 0 aliphatic heterocycles. The first kappa shape index (κ1) is 77.2. The molecule has 0 N–H and O–H groups in total. The Labute approximate surface area is 509 Å². The maximum Gasteiger partial charge on any atom is 0.306 e. The topological polar surface area (TPSA) is 78.9 Å². The van der Waals surface area contributed by atoms with E-state index in [4.69, 9.17) is 14.2 Å². The quantitative estimate of drug-likeness (QED) is 0.0261. The van der Waals surface area contributed by atoms with E-state index in [0.717, 1.165) is 161 Å². The van der Waals surface area contributed by atoms with Crippen LogP contribution in [-0.4, -0.2) is 37.2 Å². The molecule has 1 unspecified atom stereocenters. The third-order valence-electron chi connectivity index (χ3n) is 13.1. The molecule has 0 fully saturated rings. The Bertz CT molecular complexity index is 1990. The minimum Gasteiger partial charge on any atom is -0.462 e. The van der Waals surface area contributed by atoms with Gasteiger partial charge in [-0.15, -0.1) is 0 Å². The lowest BCUT2D eigenvalue weighted by Gasteiger charge is -2.18. The third-order valence-corrected chi connectivity index (χ3v) is 13.1. The molecule has 83 heavy (non-hydrogen) atoms. The van der Waals surface area contributed by atoms with Crippen molar-refractivity contribution in [3.05, 3.63) is 194 Å². The van der Waals surface area contributed by atoms with Crippen LogP contribution in [0.25, 0.3) is 0 Å². The predicted molar refractivity (Wildman–Crippen MR) is 361 cm³/mol. The molecule has 0 aliphatic rings. The number of hydrogen-bond acceptors (Lipinski definition) is 6. The monoisotopic (exact) mass is 1140 g/mol. The van der Waals surface area contributed by atoms with Crippen LogP contribution in [-0.2, 0) is 28.6 Å². The largest absolute Gasteiger partial charge is 0.462 e. The molecule has 1 atom stereocenters. The fraction of sp³-hybridized carbons (Fsp3) is 0.545. The van der Waals surface area contributed by atoms with E-state index in [1.54, 1.807) is 0 Å². The summed E-state index contributed by atoms with van der Waals surface area (Å²) >= 11 is 0. The van der Waals surface area contributed by atoms with Crippen molar-refractivity contribution in [1.29, 1.82) is 0 Å². The Hall–Kier alpha value is -5.75. The number of ether oxygens (including phenoxy) is 3. The van der Waals surface area contributed by atoms with Crippen LogP contribution in [0.3, 0.4) is 0 Å². The predicted octanol–water partition coefficient (Wildman–Crippen LogP) is 23.0. The van der Waals surface area contributed by atoms with Crippen LogP contribution >= 0.6 is 0 Å². The molecule has 6 nitrogen and oxygen atoms in total. The Morgan fingerprint density at radius 3 is 0.723 bits per heavy atom. The van der Waals surface area contributed by atoms with Crippen LogP contribution in [0, 0.1) is 0 Å². The zero-order valence-electron chi connectivity index (χ0n) is 52.9. The summed E-state index contributed by atoms with van der Waals surface area (Å²) in [7, 11) is 0. The van der Waals surface area contributed by atoms with Crippen molar-refractivity contribution in [2.75, 3.05) is 13.2 Å². The summed E-state index contributed by atoms with van der Waals surface area (Å²) in [5.74, 6) is -1.05. The van der Waals surface area contributed by atoms with Gasteiger partial charge in [0.2, 0.25) is 0 Å². The highest BCUT2D eigenvalue weighted by Gasteiger charge is 2.19. The van der Waals surface area contributed by atoms with Gasteiger partial charge < -0.3 is 14.2 Å². The number of allylic oxidation sites excluding steroid dienone is 32. The first-order valence-corrected chi connectivity index (χ1v) is 32.9. The zero-order valence-corrected chi connectivity index (χ0v) is 52.9. The molecule has 0 aromatic heterocycles. The number of carbonyl (C=O) groups is 3. The molecule has 462 valence electrons. The van der Waals surface area contributed by atoms with Crippen molar-refractivity contribution in [2.24, 2.45) is 0 Å². The van der Waals surface area contributed by atoms with Gasteiger partial charge in [0.05, 0.1) is 0 Å². The second-order valence-corrected chi connectivity index (χ2v) is 20.9. The van der Waals surface area contributed by atoms with E-state index in [1.807, 2.05) is 12.2 Å². The molecule has 0 aliphatic carbocycles. The fourth-order valence-corrected chi connectivity index (χ4v) is 8.29. The summed E-state index contributed by atoms with van der Waals surface area (Å²) < 4.78 is 16.8. The summed E-state index contributed by atoms with van der Waals surface area (Å²) in [6.45, 7) is 6.20. The van der Waals surface area contributed by atoms with Gasteiger partial charge >= 0.3 is 17.9 Å². The highest BCUT2D eigenvalue weighted by molar-refractivity contribution is 5.71. The molecule has 0 bridgehead atoms. The van der Waals surface area contributed by atoms with Gasteiger partial charge in [0.15, 0.2) is 6.10 Å². The normalized spacial score (nSPS) is 13.4. The van der Waals surface area contributed by atoms with E-state index in [0.29, 0.717) is 19.3 Å². The lowest BCUT2D eigenvalue weighted by molar-refractivity contribution is -0.166. The molecular formula is C77H118O6. The van der Waals surface area contributed by atoms with E-state index in [2.05, 4.69) is 203 Å². The van der Waals surface area contributed by atoms with Crippen molar-refractivity contribution in [3.8, 4) is 0 Å². The molecule has 6 heteroatoms. The lowest BCUT2D eigenvalue weighted by Crippen LogP contribution is -2.30. The van der Waals surface area contributed by atoms with E-state index < -0.39 is 12.1 Å². The highest BCUT2D eigenvalue weighted by atomic mass is 16.6. The van der Waals surface area contributed by atoms with Gasteiger partial charge in [-0.1, -0.05) is 279 Å². The van der Waals surface area contributed by atoms with E-state index in [9.17, 15) is 14.4 Å². The van der Waals surface area contributed by atoms with E-state index >= 15 is 0 Å². The first-order valence-electron chi connectivity index (χ1n) is 32.9. The van der Waals surface area contributed by atoms with Crippen molar-refractivity contribution in [3.63, 3.8) is 0 Å². The summed E-state index contributed by atoms with van der Waals surface area (Å²) in [5, 5.41) is 0. The van der Waals surface area contributed by atoms with Crippen molar-refractivity contribution in [1.82, 2.24) is 0 Å². The van der Waals surface area contributed by atoms with Gasteiger partial charge in [-0.05, 0) is 148 Å². The van der Waals surface area contributed by atoms with Gasteiger partial charge in [0, 0.05) is 19.3 Å². The number of hydrogen-bond donors (Lipinski definition) is 0. The van der Waals surface area contributed by atoms with Crippen molar-refractivity contribution in [2.45, 2.75) is 258 Å². The van der Waals surface area contributed by atoms with Crippen LogP contribution in [0.2, 0.25) is 0 Å². The third kappa shape index (κ3) is 66.9. The second-order valence-electron chi connectivity index (χ2n) is 20.9. The van der Waals surface area contributed by atoms with Gasteiger partial charge in [0.1, 0.15) is 13.2 Å². The maximum absolute atomic E-state index is 12.9. The Morgan fingerprint density at radius 2 is 0.458 bits per heavy atom. The number of rotatable bonds is 57. The van der Waals surface area contributed by atoms with Crippen LogP contribution in [0.15, 0.2) is 194 Å². The average Bonchev–Trinajstić information content (AvgIpc) is 3.49. The summed E-state index contributed by atoms with van der Waals surface area (Å²) in [6.07, 6.45) is 104. The number of unbranched alkanes of at least 4 members (excludes halogenated alkanes) is 14. The summed E-state index contributed by atoms with van der Waals surface area (Å²) in [4.78, 5) is 38.4. The molecular weight excluding hydrogens is 1020 g/mol. The molecule has 0 rings (SSSR count). The Kier molecular flexibility index (Phi) is 64.0. The smallest absolute Gasteiger partial charge is 0.306 e. The Balaban J connectivity index is 4.50. The van der Waals surface area contributed by atoms with Gasteiger partial charge in [-0.25, -0.2) is 0 Å². The Morgan fingerprint density at radius 1 is 0.241 bits per heavy atom. The first-order chi connectivity index (χ1) is 41.0. The summed E-state index contributed by atoms with van der Waals surface area (Å²) in [5.41, 5.74) is 0. The molecule has 0 aromatic carbocycles. The molecule has 0 amide bonds. The minimum atomic E-state index is -0.844. The molecule has 0 spiro atoms. The standard InChI is InChI=1S/C77H118O6/c1-4-7-10-13-16-19-22-25-28-31-33-34-35-36-37-38-39-40-41-42-44-46-49-52-55-58-61-64-67-70-76(79)82-73-74(72-81-75(78)69-66-63-60-57-54-51-48-45-30-27-24-21-18-15-12-9-6-3)83-77(80)71-68-65-62-59-56-53-50-47-43-32-29-26-23-20-17-14-11-8-5-2/h7-12,16-21,25-30,33-34,36-37,39-40,43,47-48,51,53,56,62,65,74H,4-6,13-15,22-24,31-32,35,38,41-42,44-46,49-50,52,54-55,57-61,63-64,66-73H2,1-3H3/b10-7-,11-8-,12-9-,19-16-,20-17-,21-18-,28-25-,29-26-,30-27-,34-33-,37-36-,40-39-,47-43-,51-48-,56-53-,65-62-. The fourth-order valence-electron chi connectivity index (χ4n) is 8.29. The maximum atomic E-state index is 12.9. The van der Waals surface area contributed by atoms with Crippen molar-refractivity contribution < 1.29 is 28.6 Å². The lowest BCUT2D eigenvalue weighted by atomic mass is 10.1. The van der Waals surface area contributed by atoms with Crippen LogP contribution < -0.4 is 0 Å². The summed E-state index contributed by atoms with van der Waals surface area (Å²) in [6, 6.07) is 0. The van der Waals surface area contributed by atoms with Gasteiger partial charge in [0.25, 0.3) is 0 Å². The molecule has 0 saturated heterocycles. The molecule has 0 saturated carbocycles. The minimum absolute atomic E-state index is 0.129. The van der Waals surface area contributed by atoms with Crippen LogP contribution in [0.5, 0.6) is 0 Å². The second kappa shape index (κ2) is 68.7. The van der Waals surface area contributed by atoms with Crippen LogP contribution in [0.4, 0.5) is 0 Å².